The summed E-state index contributed by atoms with van der Waals surface area (Å²) >= 11 is 0. The molecule has 4 heteroatoms. The van der Waals surface area contributed by atoms with Crippen molar-refractivity contribution >= 4 is 11.9 Å². The molecule has 0 spiro atoms. The van der Waals surface area contributed by atoms with E-state index in [-0.39, 0.29) is 12.0 Å². The molecule has 0 amide bonds. The van der Waals surface area contributed by atoms with Gasteiger partial charge in [-0.15, -0.1) is 0 Å². The summed E-state index contributed by atoms with van der Waals surface area (Å²) in [5, 5.41) is 0. The highest BCUT2D eigenvalue weighted by Gasteiger charge is 2.73. The quantitative estimate of drug-likeness (QED) is 0.421. The van der Waals surface area contributed by atoms with Crippen LogP contribution in [0.5, 0.6) is 0 Å². The maximum atomic E-state index is 11.6. The first-order valence-corrected chi connectivity index (χ1v) is 4.92. The zero-order valence-corrected chi connectivity index (χ0v) is 8.20. The molecule has 3 saturated heterocycles. The molecule has 4 nitrogen and oxygen atoms in total. The summed E-state index contributed by atoms with van der Waals surface area (Å²) in [4.78, 5) is 23.1. The highest BCUT2D eigenvalue weighted by atomic mass is 16.6. The van der Waals surface area contributed by atoms with E-state index in [1.165, 1.54) is 0 Å². The van der Waals surface area contributed by atoms with Gasteiger partial charge in [-0.05, 0) is 26.7 Å². The van der Waals surface area contributed by atoms with Gasteiger partial charge in [-0.3, -0.25) is 9.59 Å². The predicted molar refractivity (Wildman–Crippen MR) is 45.2 cm³/mol. The van der Waals surface area contributed by atoms with Crippen LogP contribution in [-0.2, 0) is 19.1 Å². The lowest BCUT2D eigenvalue weighted by Gasteiger charge is -2.30. The molecule has 3 aliphatic rings. The molecule has 0 radical (unpaired) electrons. The summed E-state index contributed by atoms with van der Waals surface area (Å²) < 4.78 is 10.5. The first kappa shape index (κ1) is 8.41. The van der Waals surface area contributed by atoms with Gasteiger partial charge >= 0.3 is 11.9 Å². The van der Waals surface area contributed by atoms with Crippen molar-refractivity contribution in [2.45, 2.75) is 38.4 Å². The van der Waals surface area contributed by atoms with Crippen molar-refractivity contribution < 1.29 is 19.1 Å². The number of hydrogen-bond acceptors (Lipinski definition) is 4. The third kappa shape index (κ3) is 0.639. The maximum Gasteiger partial charge on any atom is 0.323 e. The fourth-order valence-corrected chi connectivity index (χ4v) is 3.32. The Bertz CT molecular complexity index is 350. The first-order chi connectivity index (χ1) is 6.48. The smallest absolute Gasteiger partial charge is 0.323 e. The molecule has 0 aliphatic carbocycles. The lowest BCUT2D eigenvalue weighted by molar-refractivity contribution is -0.160. The van der Waals surface area contributed by atoms with Crippen molar-refractivity contribution in [3.05, 3.63) is 0 Å². The summed E-state index contributed by atoms with van der Waals surface area (Å²) in [6.07, 6.45) is 1.57. The number of fused-ring (bicyclic) bond motifs is 5. The van der Waals surface area contributed by atoms with Gasteiger partial charge in [0.15, 0.2) is 0 Å². The van der Waals surface area contributed by atoms with Gasteiger partial charge in [0.2, 0.25) is 0 Å². The lowest BCUT2D eigenvalue weighted by atomic mass is 9.64. The third-order valence-electron chi connectivity index (χ3n) is 4.06. The summed E-state index contributed by atoms with van der Waals surface area (Å²) in [7, 11) is 0. The van der Waals surface area contributed by atoms with E-state index in [2.05, 4.69) is 0 Å². The molecule has 0 unspecified atom stereocenters. The van der Waals surface area contributed by atoms with Crippen LogP contribution in [0.25, 0.3) is 0 Å². The number of carbonyl (C=O) groups excluding carboxylic acids is 2. The lowest BCUT2D eigenvalue weighted by Crippen LogP contribution is -2.44. The third-order valence-corrected chi connectivity index (χ3v) is 4.06. The highest BCUT2D eigenvalue weighted by Crippen LogP contribution is 2.61. The maximum absolute atomic E-state index is 11.6. The first-order valence-electron chi connectivity index (χ1n) is 4.92. The van der Waals surface area contributed by atoms with Crippen LogP contribution in [-0.4, -0.2) is 23.6 Å². The second-order valence-electron chi connectivity index (χ2n) is 4.88. The number of esters is 2. The van der Waals surface area contributed by atoms with Crippen LogP contribution >= 0.6 is 0 Å². The summed E-state index contributed by atoms with van der Waals surface area (Å²) in [6.45, 7) is 3.70. The van der Waals surface area contributed by atoms with Crippen LogP contribution in [0.3, 0.4) is 0 Å². The minimum Gasteiger partial charge on any atom is -0.392 e. The molecule has 0 aromatic rings. The molecule has 3 rings (SSSR count). The normalized spacial score (nSPS) is 55.0. The molecule has 2 bridgehead atoms. The number of rotatable bonds is 0. The minimum atomic E-state index is -0.718. The Labute approximate surface area is 81.6 Å². The molecule has 3 heterocycles. The summed E-state index contributed by atoms with van der Waals surface area (Å²) in [5.41, 5.74) is -1.19. The average molecular weight is 196 g/mol. The van der Waals surface area contributed by atoms with E-state index in [1.807, 2.05) is 6.92 Å². The Morgan fingerprint density at radius 3 is 2.71 bits per heavy atom. The van der Waals surface area contributed by atoms with Gasteiger partial charge in [-0.2, -0.15) is 0 Å². The van der Waals surface area contributed by atoms with Gasteiger partial charge in [-0.25, -0.2) is 0 Å². The van der Waals surface area contributed by atoms with Crippen molar-refractivity contribution in [2.75, 3.05) is 0 Å². The molecule has 3 fully saturated rings. The summed E-state index contributed by atoms with van der Waals surface area (Å²) in [5.74, 6) is -1.19. The Kier molecular flexibility index (Phi) is 1.22. The Hall–Kier alpha value is -0.900. The molecule has 14 heavy (non-hydrogen) atoms. The zero-order valence-electron chi connectivity index (χ0n) is 8.20. The Balaban J connectivity index is 2.16. The molecular formula is C10H12O4. The van der Waals surface area contributed by atoms with Gasteiger partial charge in [0.25, 0.3) is 0 Å². The molecule has 0 aromatic carbocycles. The van der Waals surface area contributed by atoms with Gasteiger partial charge in [-0.1, -0.05) is 0 Å². The number of hydrogen-bond donors (Lipinski definition) is 0. The number of carbonyl (C=O) groups is 2. The average Bonchev–Trinajstić information content (AvgIpc) is 2.62. The number of cyclic esters (lactones) is 2. The molecule has 0 N–H and O–H groups in total. The van der Waals surface area contributed by atoms with Crippen molar-refractivity contribution in [2.24, 2.45) is 11.3 Å². The Morgan fingerprint density at radius 2 is 2.07 bits per heavy atom. The molecule has 4 atom stereocenters. The second kappa shape index (κ2) is 2.03. The van der Waals surface area contributed by atoms with Crippen molar-refractivity contribution in [3.8, 4) is 0 Å². The predicted octanol–water partition coefficient (Wildman–Crippen LogP) is 0.644. The van der Waals surface area contributed by atoms with Crippen LogP contribution in [0.1, 0.15) is 26.7 Å². The number of ether oxygens (including phenoxy) is 2. The highest BCUT2D eigenvalue weighted by molar-refractivity contribution is 6.00. The standard InChI is InChI=1S/C10H12O4/c1-9-4-3-5(14-9)10(2)6(9)7(11)13-8(10)12/h5-6H,3-4H2,1-2H3/t5-,6-,9-,10-/m1/s1. The van der Waals surface area contributed by atoms with Crippen LogP contribution in [0, 0.1) is 11.3 Å². The van der Waals surface area contributed by atoms with E-state index in [9.17, 15) is 9.59 Å². The van der Waals surface area contributed by atoms with Crippen molar-refractivity contribution in [1.82, 2.24) is 0 Å². The van der Waals surface area contributed by atoms with E-state index in [1.54, 1.807) is 6.92 Å². The van der Waals surface area contributed by atoms with Crippen LogP contribution in [0.2, 0.25) is 0 Å². The SMILES string of the molecule is C[C@]12C(=O)OC(=O)[C@@H]1[C@@]1(C)CC[C@H]2O1. The van der Waals surface area contributed by atoms with Gasteiger partial charge < -0.3 is 9.47 Å². The van der Waals surface area contributed by atoms with Crippen LogP contribution < -0.4 is 0 Å². The molecule has 0 saturated carbocycles. The van der Waals surface area contributed by atoms with Gasteiger partial charge in [0, 0.05) is 0 Å². The van der Waals surface area contributed by atoms with E-state index in [4.69, 9.17) is 9.47 Å². The fraction of sp³-hybridized carbons (Fsp3) is 0.800. The van der Waals surface area contributed by atoms with E-state index in [0.29, 0.717) is 0 Å². The van der Waals surface area contributed by atoms with Crippen LogP contribution in [0.4, 0.5) is 0 Å². The van der Waals surface area contributed by atoms with E-state index in [0.717, 1.165) is 12.8 Å². The van der Waals surface area contributed by atoms with Gasteiger partial charge in [0.1, 0.15) is 11.3 Å². The monoisotopic (exact) mass is 196 g/mol. The van der Waals surface area contributed by atoms with E-state index >= 15 is 0 Å². The molecule has 3 aliphatic heterocycles. The van der Waals surface area contributed by atoms with Gasteiger partial charge in [0.05, 0.1) is 11.7 Å². The van der Waals surface area contributed by atoms with Crippen molar-refractivity contribution in [1.29, 1.82) is 0 Å². The zero-order chi connectivity index (χ0) is 10.1. The minimum absolute atomic E-state index is 0.128. The van der Waals surface area contributed by atoms with Crippen LogP contribution in [0.15, 0.2) is 0 Å². The molecular weight excluding hydrogens is 184 g/mol. The van der Waals surface area contributed by atoms with Crippen molar-refractivity contribution in [3.63, 3.8) is 0 Å². The topological polar surface area (TPSA) is 52.6 Å². The molecule has 0 aromatic heterocycles. The van der Waals surface area contributed by atoms with E-state index < -0.39 is 23.0 Å². The largest absolute Gasteiger partial charge is 0.392 e. The fourth-order valence-electron chi connectivity index (χ4n) is 3.32. The second-order valence-corrected chi connectivity index (χ2v) is 4.88. The Morgan fingerprint density at radius 1 is 1.36 bits per heavy atom. The summed E-state index contributed by atoms with van der Waals surface area (Å²) in [6, 6.07) is 0. The molecule has 76 valence electrons.